The molecule has 2 N–H and O–H groups in total. The van der Waals surface area contributed by atoms with E-state index in [0.717, 1.165) is 11.3 Å². The molecule has 6 nitrogen and oxygen atoms in total. The van der Waals surface area contributed by atoms with Crippen LogP contribution in [0.15, 0.2) is 65.0 Å². The van der Waals surface area contributed by atoms with Crippen LogP contribution in [0.1, 0.15) is 69.9 Å². The van der Waals surface area contributed by atoms with Crippen LogP contribution in [-0.4, -0.2) is 29.6 Å². The van der Waals surface area contributed by atoms with Crippen LogP contribution in [0.25, 0.3) is 0 Å². The Morgan fingerprint density at radius 2 is 1.83 bits per heavy atom. The third-order valence-corrected chi connectivity index (χ3v) is 7.14. The lowest BCUT2D eigenvalue weighted by Gasteiger charge is -2.37. The molecule has 0 spiro atoms. The summed E-state index contributed by atoms with van der Waals surface area (Å²) in [6, 6.07) is 12.6. The summed E-state index contributed by atoms with van der Waals surface area (Å²) in [5, 5.41) is 14.3. The van der Waals surface area contributed by atoms with Crippen LogP contribution >= 0.6 is 11.6 Å². The quantitative estimate of drug-likeness (QED) is 0.435. The lowest BCUT2D eigenvalue weighted by Crippen LogP contribution is -2.36. The van der Waals surface area contributed by atoms with E-state index in [1.54, 1.807) is 18.2 Å². The van der Waals surface area contributed by atoms with Gasteiger partial charge in [0.1, 0.15) is 0 Å². The maximum atomic E-state index is 13.7. The average Bonchev–Trinajstić information content (AvgIpc) is 2.84. The minimum Gasteiger partial charge on any atom is -0.504 e. The second kappa shape index (κ2) is 10.8. The Morgan fingerprint density at radius 1 is 1.14 bits per heavy atom. The summed E-state index contributed by atoms with van der Waals surface area (Å²) in [5.41, 5.74) is 4.17. The van der Waals surface area contributed by atoms with Gasteiger partial charge < -0.3 is 19.9 Å². The summed E-state index contributed by atoms with van der Waals surface area (Å²) in [4.78, 5) is 27.1. The molecule has 1 heterocycles. The van der Waals surface area contributed by atoms with E-state index in [0.29, 0.717) is 59.0 Å². The Labute approximate surface area is 216 Å². The van der Waals surface area contributed by atoms with Crippen molar-refractivity contribution in [2.24, 2.45) is 0 Å². The van der Waals surface area contributed by atoms with Crippen molar-refractivity contribution in [2.75, 3.05) is 6.61 Å². The summed E-state index contributed by atoms with van der Waals surface area (Å²) in [5.74, 6) is -0.792. The number of phenolic OH excluding ortho intramolecular Hbond substituents is 1. The maximum Gasteiger partial charge on any atom is 0.337 e. The van der Waals surface area contributed by atoms with Gasteiger partial charge in [0.25, 0.3) is 0 Å². The molecule has 0 aromatic heterocycles. The molecular formula is C29H32ClNO5. The number of hydrogen-bond acceptors (Lipinski definition) is 6. The van der Waals surface area contributed by atoms with Crippen molar-refractivity contribution in [2.45, 2.75) is 64.9 Å². The molecule has 2 aliphatic rings. The van der Waals surface area contributed by atoms with Gasteiger partial charge in [0.05, 0.1) is 18.3 Å². The number of carbonyl (C=O) groups is 2. The highest BCUT2D eigenvalue weighted by atomic mass is 35.5. The number of carbonyl (C=O) groups excluding carboxylic acids is 2. The van der Waals surface area contributed by atoms with Gasteiger partial charge in [-0.1, -0.05) is 36.7 Å². The highest BCUT2D eigenvalue weighted by Crippen LogP contribution is 2.47. The number of aromatic hydroxyl groups is 1. The second-order valence-corrected chi connectivity index (χ2v) is 9.79. The van der Waals surface area contributed by atoms with Crippen LogP contribution in [0.4, 0.5) is 0 Å². The van der Waals surface area contributed by atoms with Crippen LogP contribution in [0.5, 0.6) is 11.5 Å². The molecule has 4 rings (SSSR count). The smallest absolute Gasteiger partial charge is 0.337 e. The highest BCUT2D eigenvalue weighted by Gasteiger charge is 2.42. The molecule has 3 atom stereocenters. The fourth-order valence-corrected chi connectivity index (χ4v) is 5.05. The largest absolute Gasteiger partial charge is 0.504 e. The topological polar surface area (TPSA) is 84.9 Å². The standard InChI is InChI=1S/C29H32ClNO5/c1-5-16(3)36-29(34)26-17(4)31-22-13-20(18-7-10-21(30)11-8-18)14-24(33)28(22)27(26)19-9-12-23(32)25(15-19)35-6-2/h7-12,15-16,20,27,31-32H,5-6,13-14H2,1-4H3/t16-,20-,27-/m0/s1. The monoisotopic (exact) mass is 509 g/mol. The fraction of sp³-hybridized carbons (Fsp3) is 0.379. The molecule has 0 saturated heterocycles. The van der Waals surface area contributed by atoms with Gasteiger partial charge in [-0.25, -0.2) is 4.79 Å². The predicted molar refractivity (Wildman–Crippen MR) is 139 cm³/mol. The number of nitrogens with one attached hydrogen (secondary N) is 1. The van der Waals surface area contributed by atoms with Crippen LogP contribution in [0.2, 0.25) is 5.02 Å². The molecule has 0 unspecified atom stereocenters. The molecule has 1 aliphatic carbocycles. The van der Waals surface area contributed by atoms with E-state index in [-0.39, 0.29) is 23.6 Å². The second-order valence-electron chi connectivity index (χ2n) is 9.35. The molecule has 0 saturated carbocycles. The molecule has 2 aromatic carbocycles. The average molecular weight is 510 g/mol. The number of hydrogen-bond donors (Lipinski definition) is 2. The number of dihydropyridines is 1. The first-order valence-electron chi connectivity index (χ1n) is 12.4. The molecule has 0 fully saturated rings. The van der Waals surface area contributed by atoms with Gasteiger partial charge in [0.2, 0.25) is 0 Å². The zero-order chi connectivity index (χ0) is 26.0. The Bertz CT molecular complexity index is 1230. The zero-order valence-corrected chi connectivity index (χ0v) is 21.8. The first kappa shape index (κ1) is 25.8. The highest BCUT2D eigenvalue weighted by molar-refractivity contribution is 6.30. The first-order valence-corrected chi connectivity index (χ1v) is 12.8. The summed E-state index contributed by atoms with van der Waals surface area (Å²) in [6.07, 6.45) is 1.37. The normalized spacial score (nSPS) is 20.5. The number of halogens is 1. The number of phenols is 1. The number of benzene rings is 2. The van der Waals surface area contributed by atoms with E-state index < -0.39 is 11.9 Å². The van der Waals surface area contributed by atoms with Crippen molar-refractivity contribution in [1.82, 2.24) is 5.32 Å². The number of ether oxygens (including phenoxy) is 2. The lowest BCUT2D eigenvalue weighted by atomic mass is 9.71. The lowest BCUT2D eigenvalue weighted by molar-refractivity contribution is -0.144. The number of rotatable bonds is 7. The van der Waals surface area contributed by atoms with Crippen molar-refractivity contribution in [3.8, 4) is 11.5 Å². The number of allylic oxidation sites excluding steroid dienone is 3. The molecule has 7 heteroatoms. The van der Waals surface area contributed by atoms with Crippen LogP contribution in [0, 0.1) is 0 Å². The third kappa shape index (κ3) is 5.14. The van der Waals surface area contributed by atoms with Gasteiger partial charge in [-0.3, -0.25) is 4.79 Å². The molecule has 2 aromatic rings. The molecule has 190 valence electrons. The van der Waals surface area contributed by atoms with E-state index in [1.807, 2.05) is 52.0 Å². The summed E-state index contributed by atoms with van der Waals surface area (Å²) in [6.45, 7) is 7.84. The Kier molecular flexibility index (Phi) is 7.74. The maximum absolute atomic E-state index is 13.7. The first-order chi connectivity index (χ1) is 17.2. The van der Waals surface area contributed by atoms with Gasteiger partial charge in [-0.05, 0) is 74.9 Å². The minimum absolute atomic E-state index is 0.00175. The minimum atomic E-state index is -0.628. The van der Waals surface area contributed by atoms with E-state index >= 15 is 0 Å². The number of Topliss-reactive ketones (excluding diaryl/α,β-unsaturated/α-hetero) is 1. The van der Waals surface area contributed by atoms with Crippen molar-refractivity contribution in [3.63, 3.8) is 0 Å². The van der Waals surface area contributed by atoms with Gasteiger partial charge in [-0.15, -0.1) is 0 Å². The van der Waals surface area contributed by atoms with E-state index in [9.17, 15) is 14.7 Å². The molecule has 0 amide bonds. The summed E-state index contributed by atoms with van der Waals surface area (Å²) >= 11 is 6.07. The Hall–Kier alpha value is -3.25. The molecule has 1 aliphatic heterocycles. The Balaban J connectivity index is 1.81. The van der Waals surface area contributed by atoms with Crippen LogP contribution in [-0.2, 0) is 14.3 Å². The van der Waals surface area contributed by atoms with Crippen molar-refractivity contribution in [1.29, 1.82) is 0 Å². The molecule has 0 bridgehead atoms. The molecule has 36 heavy (non-hydrogen) atoms. The van der Waals surface area contributed by atoms with Gasteiger partial charge in [0, 0.05) is 34.3 Å². The number of esters is 1. The van der Waals surface area contributed by atoms with Gasteiger partial charge in [0.15, 0.2) is 17.3 Å². The van der Waals surface area contributed by atoms with Crippen molar-refractivity contribution in [3.05, 3.63) is 81.2 Å². The third-order valence-electron chi connectivity index (χ3n) is 6.89. The summed E-state index contributed by atoms with van der Waals surface area (Å²) < 4.78 is 11.3. The van der Waals surface area contributed by atoms with Crippen LogP contribution < -0.4 is 10.1 Å². The predicted octanol–water partition coefficient (Wildman–Crippen LogP) is 6.15. The summed E-state index contributed by atoms with van der Waals surface area (Å²) in [7, 11) is 0. The van der Waals surface area contributed by atoms with Crippen molar-refractivity contribution >= 4 is 23.4 Å². The molecular weight excluding hydrogens is 478 g/mol. The van der Waals surface area contributed by atoms with Gasteiger partial charge in [-0.2, -0.15) is 0 Å². The fourth-order valence-electron chi connectivity index (χ4n) is 4.92. The number of ketones is 1. The van der Waals surface area contributed by atoms with E-state index in [2.05, 4.69) is 5.32 Å². The van der Waals surface area contributed by atoms with Gasteiger partial charge >= 0.3 is 5.97 Å². The van der Waals surface area contributed by atoms with Crippen LogP contribution in [0.3, 0.4) is 0 Å². The van der Waals surface area contributed by atoms with E-state index in [1.165, 1.54) is 0 Å². The zero-order valence-electron chi connectivity index (χ0n) is 21.1. The van der Waals surface area contributed by atoms with E-state index in [4.69, 9.17) is 21.1 Å². The SMILES string of the molecule is CCOc1cc([C@H]2C(C(=O)O[C@@H](C)CC)=C(C)NC3=C2C(=O)C[C@@H](c2ccc(Cl)cc2)C3)ccc1O. The molecule has 0 radical (unpaired) electrons. The van der Waals surface area contributed by atoms with Crippen molar-refractivity contribution < 1.29 is 24.2 Å². The Morgan fingerprint density at radius 3 is 2.50 bits per heavy atom.